The Morgan fingerprint density at radius 2 is 1.69 bits per heavy atom. The number of hydrogen-bond donors (Lipinski definition) is 1. The van der Waals surface area contributed by atoms with Crippen molar-refractivity contribution in [3.63, 3.8) is 0 Å². The molecule has 2 aliphatic rings. The molecule has 1 amide bonds. The molecule has 0 radical (unpaired) electrons. The summed E-state index contributed by atoms with van der Waals surface area (Å²) in [5, 5.41) is 3.37. The zero-order valence-electron chi connectivity index (χ0n) is 17.1. The van der Waals surface area contributed by atoms with E-state index < -0.39 is 0 Å². The summed E-state index contributed by atoms with van der Waals surface area (Å²) in [5.41, 5.74) is 4.67. The standard InChI is InChI=1S/C23H30N4O2/c1-19-5-4-6-20(17-19)25-9-11-27(12-10-25)23(28)18-24-21-7-2-3-8-22(21)26-13-15-29-16-14-26/h2-8,17,24H,9-16,18H2,1H3. The molecule has 2 fully saturated rings. The maximum absolute atomic E-state index is 12.8. The first-order valence-electron chi connectivity index (χ1n) is 10.5. The second kappa shape index (κ2) is 9.18. The van der Waals surface area contributed by atoms with Crippen LogP contribution < -0.4 is 15.1 Å². The van der Waals surface area contributed by atoms with Gasteiger partial charge in [-0.15, -0.1) is 0 Å². The fourth-order valence-electron chi connectivity index (χ4n) is 4.02. The summed E-state index contributed by atoms with van der Waals surface area (Å²) in [4.78, 5) is 19.4. The van der Waals surface area contributed by atoms with Crippen molar-refractivity contribution >= 4 is 23.0 Å². The summed E-state index contributed by atoms with van der Waals surface area (Å²) in [6.07, 6.45) is 0. The van der Waals surface area contributed by atoms with Crippen molar-refractivity contribution < 1.29 is 9.53 Å². The van der Waals surface area contributed by atoms with E-state index in [1.165, 1.54) is 11.3 Å². The third kappa shape index (κ3) is 4.82. The van der Waals surface area contributed by atoms with Crippen LogP contribution in [-0.2, 0) is 9.53 Å². The van der Waals surface area contributed by atoms with Gasteiger partial charge in [0.05, 0.1) is 31.1 Å². The van der Waals surface area contributed by atoms with Gasteiger partial charge in [0.25, 0.3) is 0 Å². The maximum Gasteiger partial charge on any atom is 0.241 e. The molecule has 0 aliphatic carbocycles. The molecule has 2 aromatic carbocycles. The number of aryl methyl sites for hydroxylation is 1. The molecule has 0 unspecified atom stereocenters. The maximum atomic E-state index is 12.8. The Labute approximate surface area is 173 Å². The number of nitrogens with zero attached hydrogens (tertiary/aromatic N) is 3. The number of carbonyl (C=O) groups excluding carboxylic acids is 1. The molecular formula is C23H30N4O2. The van der Waals surface area contributed by atoms with E-state index in [1.54, 1.807) is 0 Å². The molecule has 29 heavy (non-hydrogen) atoms. The highest BCUT2D eigenvalue weighted by atomic mass is 16.5. The fourth-order valence-corrected chi connectivity index (χ4v) is 4.02. The minimum atomic E-state index is 0.158. The van der Waals surface area contributed by atoms with E-state index in [2.05, 4.69) is 52.4 Å². The summed E-state index contributed by atoms with van der Waals surface area (Å²) >= 11 is 0. The number of piperazine rings is 1. The zero-order chi connectivity index (χ0) is 20.1. The van der Waals surface area contributed by atoms with E-state index in [4.69, 9.17) is 4.74 Å². The van der Waals surface area contributed by atoms with Crippen LogP contribution in [0.1, 0.15) is 5.56 Å². The third-order valence-electron chi connectivity index (χ3n) is 5.69. The predicted octanol–water partition coefficient (Wildman–Crippen LogP) is 2.59. The number of anilines is 3. The minimum absolute atomic E-state index is 0.158. The van der Waals surface area contributed by atoms with Gasteiger partial charge in [0, 0.05) is 45.0 Å². The number of nitrogens with one attached hydrogen (secondary N) is 1. The first kappa shape index (κ1) is 19.6. The number of rotatable bonds is 5. The molecule has 0 aromatic heterocycles. The first-order valence-corrected chi connectivity index (χ1v) is 10.5. The Morgan fingerprint density at radius 3 is 2.45 bits per heavy atom. The molecule has 1 N–H and O–H groups in total. The number of morpholine rings is 1. The van der Waals surface area contributed by atoms with Gasteiger partial charge in [-0.1, -0.05) is 24.3 Å². The third-order valence-corrected chi connectivity index (χ3v) is 5.69. The number of carbonyl (C=O) groups is 1. The molecule has 2 aliphatic heterocycles. The Balaban J connectivity index is 1.31. The van der Waals surface area contributed by atoms with E-state index in [0.29, 0.717) is 6.54 Å². The van der Waals surface area contributed by atoms with Crippen LogP contribution in [0.25, 0.3) is 0 Å². The molecule has 6 nitrogen and oxygen atoms in total. The molecule has 154 valence electrons. The molecule has 0 spiro atoms. The van der Waals surface area contributed by atoms with E-state index >= 15 is 0 Å². The van der Waals surface area contributed by atoms with Crippen LogP contribution in [-0.4, -0.2) is 69.8 Å². The van der Waals surface area contributed by atoms with Crippen LogP contribution in [0.2, 0.25) is 0 Å². The first-order chi connectivity index (χ1) is 14.2. The Bertz CT molecular complexity index is 827. The molecule has 4 rings (SSSR count). The van der Waals surface area contributed by atoms with Crippen molar-refractivity contribution in [2.24, 2.45) is 0 Å². The Morgan fingerprint density at radius 1 is 0.931 bits per heavy atom. The normalized spacial score (nSPS) is 17.3. The van der Waals surface area contributed by atoms with Gasteiger partial charge in [0.2, 0.25) is 5.91 Å². The van der Waals surface area contributed by atoms with Crippen LogP contribution in [0.15, 0.2) is 48.5 Å². The van der Waals surface area contributed by atoms with Crippen molar-refractivity contribution in [1.82, 2.24) is 4.90 Å². The highest BCUT2D eigenvalue weighted by molar-refractivity contribution is 5.83. The van der Waals surface area contributed by atoms with Gasteiger partial charge >= 0.3 is 0 Å². The van der Waals surface area contributed by atoms with Gasteiger partial charge in [0.1, 0.15) is 0 Å². The topological polar surface area (TPSA) is 48.0 Å². The molecule has 2 aromatic rings. The van der Waals surface area contributed by atoms with E-state index in [9.17, 15) is 4.79 Å². The molecule has 0 bridgehead atoms. The van der Waals surface area contributed by atoms with Crippen molar-refractivity contribution in [1.29, 1.82) is 0 Å². The number of para-hydroxylation sites is 2. The number of ether oxygens (including phenoxy) is 1. The largest absolute Gasteiger partial charge is 0.378 e. The number of benzene rings is 2. The quantitative estimate of drug-likeness (QED) is 0.845. The second-order valence-electron chi connectivity index (χ2n) is 7.68. The van der Waals surface area contributed by atoms with Crippen molar-refractivity contribution in [3.05, 3.63) is 54.1 Å². The highest BCUT2D eigenvalue weighted by Crippen LogP contribution is 2.26. The fraction of sp³-hybridized carbons (Fsp3) is 0.435. The van der Waals surface area contributed by atoms with E-state index in [1.807, 2.05) is 23.1 Å². The van der Waals surface area contributed by atoms with Gasteiger partial charge in [-0.25, -0.2) is 0 Å². The van der Waals surface area contributed by atoms with Crippen LogP contribution in [0.5, 0.6) is 0 Å². The Kier molecular flexibility index (Phi) is 6.20. The van der Waals surface area contributed by atoms with Crippen LogP contribution in [0.4, 0.5) is 17.1 Å². The van der Waals surface area contributed by atoms with E-state index in [-0.39, 0.29) is 5.91 Å². The molecule has 0 atom stereocenters. The average molecular weight is 395 g/mol. The van der Waals surface area contributed by atoms with Crippen LogP contribution >= 0.6 is 0 Å². The molecule has 2 saturated heterocycles. The lowest BCUT2D eigenvalue weighted by Gasteiger charge is -2.36. The van der Waals surface area contributed by atoms with Gasteiger partial charge < -0.3 is 24.8 Å². The lowest BCUT2D eigenvalue weighted by atomic mass is 10.2. The predicted molar refractivity (Wildman–Crippen MR) is 118 cm³/mol. The molecule has 6 heteroatoms. The molecule has 0 saturated carbocycles. The number of hydrogen-bond acceptors (Lipinski definition) is 5. The van der Waals surface area contributed by atoms with Crippen molar-refractivity contribution in [3.8, 4) is 0 Å². The lowest BCUT2D eigenvalue weighted by Crippen LogP contribution is -2.50. The van der Waals surface area contributed by atoms with Gasteiger partial charge in [0.15, 0.2) is 0 Å². The van der Waals surface area contributed by atoms with Gasteiger partial charge in [-0.3, -0.25) is 4.79 Å². The summed E-state index contributed by atoms with van der Waals surface area (Å²) in [5.74, 6) is 0.158. The number of amides is 1. The molecular weight excluding hydrogens is 364 g/mol. The molecule has 2 heterocycles. The minimum Gasteiger partial charge on any atom is -0.378 e. The van der Waals surface area contributed by atoms with Crippen molar-refractivity contribution in [2.45, 2.75) is 6.92 Å². The lowest BCUT2D eigenvalue weighted by molar-refractivity contribution is -0.129. The average Bonchev–Trinajstić information content (AvgIpc) is 2.78. The summed E-state index contributed by atoms with van der Waals surface area (Å²) in [6, 6.07) is 16.8. The summed E-state index contributed by atoms with van der Waals surface area (Å²) < 4.78 is 5.46. The highest BCUT2D eigenvalue weighted by Gasteiger charge is 2.22. The van der Waals surface area contributed by atoms with E-state index in [0.717, 1.165) is 63.9 Å². The summed E-state index contributed by atoms with van der Waals surface area (Å²) in [6.45, 7) is 8.98. The zero-order valence-corrected chi connectivity index (χ0v) is 17.1. The van der Waals surface area contributed by atoms with Crippen molar-refractivity contribution in [2.75, 3.05) is 74.1 Å². The van der Waals surface area contributed by atoms with Gasteiger partial charge in [-0.2, -0.15) is 0 Å². The SMILES string of the molecule is Cc1cccc(N2CCN(C(=O)CNc3ccccc3N3CCOCC3)CC2)c1. The Hall–Kier alpha value is -2.73. The van der Waals surface area contributed by atoms with Crippen LogP contribution in [0.3, 0.4) is 0 Å². The summed E-state index contributed by atoms with van der Waals surface area (Å²) in [7, 11) is 0. The second-order valence-corrected chi connectivity index (χ2v) is 7.68. The van der Waals surface area contributed by atoms with Crippen LogP contribution in [0, 0.1) is 6.92 Å². The van der Waals surface area contributed by atoms with Gasteiger partial charge in [-0.05, 0) is 36.8 Å². The smallest absolute Gasteiger partial charge is 0.241 e. The monoisotopic (exact) mass is 394 g/mol.